The molecule has 0 bridgehead atoms. The van der Waals surface area contributed by atoms with Gasteiger partial charge in [-0.2, -0.15) is 0 Å². The number of amides is 1. The van der Waals surface area contributed by atoms with Crippen LogP contribution in [-0.4, -0.2) is 35.6 Å². The maximum atomic E-state index is 12.1. The van der Waals surface area contributed by atoms with Crippen LogP contribution in [-0.2, 0) is 4.79 Å². The topological polar surface area (TPSA) is 78.4 Å². The summed E-state index contributed by atoms with van der Waals surface area (Å²) in [6.07, 6.45) is 1.03. The molecular weight excluding hydrogens is 244 g/mol. The highest BCUT2D eigenvalue weighted by Crippen LogP contribution is 2.51. The fraction of sp³-hybridized carbons (Fsp3) is 0.429. The Morgan fingerprint density at radius 2 is 1.79 bits per heavy atom. The average Bonchev–Trinajstić information content (AvgIpc) is 2.31. The van der Waals surface area contributed by atoms with Crippen LogP contribution in [0.25, 0.3) is 0 Å². The van der Waals surface area contributed by atoms with Crippen molar-refractivity contribution in [2.75, 3.05) is 13.1 Å². The first kappa shape index (κ1) is 12.2. The monoisotopic (exact) mass is 260 g/mol. The summed E-state index contributed by atoms with van der Waals surface area (Å²) in [5.41, 5.74) is -0.506. The van der Waals surface area contributed by atoms with Gasteiger partial charge < -0.3 is 15.7 Å². The molecule has 0 unspecified atom stereocenters. The molecule has 2 fully saturated rings. The fourth-order valence-corrected chi connectivity index (χ4v) is 3.13. The maximum absolute atomic E-state index is 12.1. The summed E-state index contributed by atoms with van der Waals surface area (Å²) in [4.78, 5) is 23.5. The summed E-state index contributed by atoms with van der Waals surface area (Å²) in [6.45, 7) is 1.70. The molecule has 1 aromatic carbocycles. The van der Waals surface area contributed by atoms with Crippen LogP contribution in [0.3, 0.4) is 0 Å². The lowest BCUT2D eigenvalue weighted by atomic mass is 9.54. The number of hydrogen-bond acceptors (Lipinski definition) is 3. The summed E-state index contributed by atoms with van der Waals surface area (Å²) in [7, 11) is 0. The Labute approximate surface area is 111 Å². The molecule has 19 heavy (non-hydrogen) atoms. The first-order valence-electron chi connectivity index (χ1n) is 6.37. The summed E-state index contributed by atoms with van der Waals surface area (Å²) >= 11 is 0. The summed E-state index contributed by atoms with van der Waals surface area (Å²) in [5.74, 6) is -1.25. The summed E-state index contributed by atoms with van der Waals surface area (Å²) < 4.78 is 0. The van der Waals surface area contributed by atoms with Crippen molar-refractivity contribution in [3.8, 4) is 0 Å². The van der Waals surface area contributed by atoms with Crippen molar-refractivity contribution in [3.05, 3.63) is 35.9 Å². The average molecular weight is 260 g/mol. The molecular formula is C14H16N2O3. The number of rotatable bonds is 3. The number of carboxylic acids is 1. The molecule has 1 aliphatic heterocycles. The lowest BCUT2D eigenvalue weighted by Crippen LogP contribution is -2.74. The van der Waals surface area contributed by atoms with Crippen LogP contribution in [0, 0.1) is 5.41 Å². The van der Waals surface area contributed by atoms with E-state index < -0.39 is 11.5 Å². The molecule has 2 aliphatic rings. The van der Waals surface area contributed by atoms with Gasteiger partial charge in [0.1, 0.15) is 5.54 Å². The van der Waals surface area contributed by atoms with Gasteiger partial charge in [0.15, 0.2) is 0 Å². The molecule has 1 heterocycles. The van der Waals surface area contributed by atoms with Crippen molar-refractivity contribution in [2.45, 2.75) is 18.4 Å². The number of carbonyl (C=O) groups is 2. The second kappa shape index (κ2) is 4.06. The third-order valence-electron chi connectivity index (χ3n) is 4.15. The van der Waals surface area contributed by atoms with Crippen LogP contribution >= 0.6 is 0 Å². The number of carboxylic acid groups (broad SMARTS) is 1. The van der Waals surface area contributed by atoms with Crippen molar-refractivity contribution in [2.24, 2.45) is 5.41 Å². The van der Waals surface area contributed by atoms with E-state index in [1.807, 2.05) is 6.07 Å². The first-order valence-corrected chi connectivity index (χ1v) is 6.37. The highest BCUT2D eigenvalue weighted by molar-refractivity contribution is 5.98. The fourth-order valence-electron chi connectivity index (χ4n) is 3.13. The Kier molecular flexibility index (Phi) is 2.60. The maximum Gasteiger partial charge on any atom is 0.329 e. The van der Waals surface area contributed by atoms with E-state index >= 15 is 0 Å². The molecule has 1 saturated carbocycles. The quantitative estimate of drug-likeness (QED) is 0.744. The number of carbonyl (C=O) groups excluding carboxylic acids is 1. The van der Waals surface area contributed by atoms with E-state index in [4.69, 9.17) is 0 Å². The Hall–Kier alpha value is -1.88. The molecule has 0 radical (unpaired) electrons. The van der Waals surface area contributed by atoms with Gasteiger partial charge in [0.25, 0.3) is 5.91 Å². The van der Waals surface area contributed by atoms with E-state index in [0.717, 1.165) is 13.1 Å². The normalized spacial score (nSPS) is 22.1. The van der Waals surface area contributed by atoms with Crippen molar-refractivity contribution in [1.29, 1.82) is 0 Å². The van der Waals surface area contributed by atoms with Crippen molar-refractivity contribution < 1.29 is 14.7 Å². The molecule has 1 aromatic rings. The van der Waals surface area contributed by atoms with E-state index in [1.165, 1.54) is 0 Å². The van der Waals surface area contributed by atoms with E-state index in [2.05, 4.69) is 10.6 Å². The van der Waals surface area contributed by atoms with E-state index in [9.17, 15) is 14.7 Å². The molecule has 1 amide bonds. The van der Waals surface area contributed by atoms with Gasteiger partial charge in [0.05, 0.1) is 0 Å². The molecule has 5 nitrogen and oxygen atoms in total. The molecule has 3 rings (SSSR count). The molecule has 1 saturated heterocycles. The van der Waals surface area contributed by atoms with Crippen LogP contribution in [0.1, 0.15) is 23.2 Å². The Bertz CT molecular complexity index is 515. The van der Waals surface area contributed by atoms with Crippen LogP contribution in [0.15, 0.2) is 30.3 Å². The summed E-state index contributed by atoms with van der Waals surface area (Å²) in [5, 5.41) is 15.3. The van der Waals surface area contributed by atoms with Gasteiger partial charge in [0.2, 0.25) is 0 Å². The zero-order valence-electron chi connectivity index (χ0n) is 10.5. The predicted molar refractivity (Wildman–Crippen MR) is 68.8 cm³/mol. The highest BCUT2D eigenvalue weighted by atomic mass is 16.4. The van der Waals surface area contributed by atoms with Gasteiger partial charge in [-0.15, -0.1) is 0 Å². The molecule has 0 aromatic heterocycles. The Morgan fingerprint density at radius 1 is 1.16 bits per heavy atom. The lowest BCUT2D eigenvalue weighted by Gasteiger charge is -2.59. The van der Waals surface area contributed by atoms with Gasteiger partial charge in [-0.1, -0.05) is 18.2 Å². The van der Waals surface area contributed by atoms with Crippen molar-refractivity contribution in [1.82, 2.24) is 10.6 Å². The third kappa shape index (κ3) is 1.90. The number of aliphatic carboxylic acids is 1. The zero-order valence-corrected chi connectivity index (χ0v) is 10.5. The predicted octanol–water partition coefficient (Wildman–Crippen LogP) is 0.623. The van der Waals surface area contributed by atoms with Crippen LogP contribution < -0.4 is 10.6 Å². The first-order chi connectivity index (χ1) is 9.05. The zero-order chi connectivity index (χ0) is 13.5. The molecule has 100 valence electrons. The Morgan fingerprint density at radius 3 is 2.26 bits per heavy atom. The lowest BCUT2D eigenvalue weighted by molar-refractivity contribution is -0.158. The van der Waals surface area contributed by atoms with Gasteiger partial charge >= 0.3 is 5.97 Å². The van der Waals surface area contributed by atoms with Crippen molar-refractivity contribution in [3.63, 3.8) is 0 Å². The summed E-state index contributed by atoms with van der Waals surface area (Å²) in [6, 6.07) is 8.72. The minimum absolute atomic E-state index is 0.0857. The van der Waals surface area contributed by atoms with E-state index in [1.54, 1.807) is 24.3 Å². The molecule has 1 aliphatic carbocycles. The third-order valence-corrected chi connectivity index (χ3v) is 4.15. The smallest absolute Gasteiger partial charge is 0.329 e. The largest absolute Gasteiger partial charge is 0.480 e. The van der Waals surface area contributed by atoms with Crippen LogP contribution in [0.4, 0.5) is 0 Å². The van der Waals surface area contributed by atoms with Gasteiger partial charge in [-0.05, 0) is 25.0 Å². The second-order valence-corrected chi connectivity index (χ2v) is 5.66. The van der Waals surface area contributed by atoms with E-state index in [0.29, 0.717) is 18.4 Å². The SMILES string of the molecule is O=C(NC1(C(=O)O)CC2(CNC2)C1)c1ccccc1. The number of hydrogen-bond donors (Lipinski definition) is 3. The second-order valence-electron chi connectivity index (χ2n) is 5.66. The standard InChI is InChI=1S/C14H16N2O3/c17-11(10-4-2-1-3-5-10)16-14(12(18)19)6-13(7-14)8-15-9-13/h1-5,15H,6-9H2,(H,16,17)(H,18,19). The molecule has 0 atom stereocenters. The van der Waals surface area contributed by atoms with Crippen molar-refractivity contribution >= 4 is 11.9 Å². The van der Waals surface area contributed by atoms with E-state index in [-0.39, 0.29) is 11.3 Å². The highest BCUT2D eigenvalue weighted by Gasteiger charge is 2.62. The Balaban J connectivity index is 1.73. The molecule has 5 heteroatoms. The van der Waals surface area contributed by atoms with Crippen LogP contribution in [0.2, 0.25) is 0 Å². The van der Waals surface area contributed by atoms with Crippen LogP contribution in [0.5, 0.6) is 0 Å². The minimum Gasteiger partial charge on any atom is -0.480 e. The molecule has 1 spiro atoms. The minimum atomic E-state index is -1.09. The van der Waals surface area contributed by atoms with Gasteiger partial charge in [0, 0.05) is 24.1 Å². The van der Waals surface area contributed by atoms with Gasteiger partial charge in [-0.25, -0.2) is 4.79 Å². The van der Waals surface area contributed by atoms with Gasteiger partial charge in [-0.3, -0.25) is 4.79 Å². The number of benzene rings is 1. The number of nitrogens with one attached hydrogen (secondary N) is 2. The molecule has 3 N–H and O–H groups in total.